The molecule has 1 aromatic heterocycles. The number of ketones is 1. The molecule has 2 fully saturated rings. The lowest BCUT2D eigenvalue weighted by Crippen LogP contribution is -2.70. The van der Waals surface area contributed by atoms with Crippen molar-refractivity contribution in [2.75, 3.05) is 0 Å². The van der Waals surface area contributed by atoms with E-state index < -0.39 is 29.0 Å². The van der Waals surface area contributed by atoms with Gasteiger partial charge in [-0.25, -0.2) is 0 Å². The van der Waals surface area contributed by atoms with Crippen LogP contribution in [-0.2, 0) is 20.7 Å². The summed E-state index contributed by atoms with van der Waals surface area (Å²) in [5.74, 6) is -0.523. The van der Waals surface area contributed by atoms with Crippen molar-refractivity contribution in [1.29, 1.82) is 0 Å². The highest BCUT2D eigenvalue weighted by Crippen LogP contribution is 2.62. The van der Waals surface area contributed by atoms with Crippen LogP contribution in [0.5, 0.6) is 0 Å². The minimum absolute atomic E-state index is 0.0347. The molecule has 0 spiro atoms. The van der Waals surface area contributed by atoms with Gasteiger partial charge >= 0.3 is 5.97 Å². The first-order valence-electron chi connectivity index (χ1n) is 9.99. The van der Waals surface area contributed by atoms with E-state index in [1.54, 1.807) is 6.26 Å². The number of aliphatic hydroxyl groups is 1. The molecule has 0 saturated heterocycles. The normalized spacial score (nSPS) is 38.3. The second-order valence-corrected chi connectivity index (χ2v) is 9.42. The van der Waals surface area contributed by atoms with Crippen LogP contribution >= 0.6 is 0 Å². The molecule has 2 aliphatic carbocycles. The lowest BCUT2D eigenvalue weighted by Gasteiger charge is -2.63. The van der Waals surface area contributed by atoms with Crippen molar-refractivity contribution in [3.05, 3.63) is 24.2 Å². The van der Waals surface area contributed by atoms with Crippen LogP contribution in [0.15, 0.2) is 22.8 Å². The third-order valence-corrected chi connectivity index (χ3v) is 7.32. The molecule has 3 rings (SSSR count). The zero-order valence-corrected chi connectivity index (χ0v) is 17.1. The lowest BCUT2D eigenvalue weighted by atomic mass is 9.43. The maximum Gasteiger partial charge on any atom is 0.303 e. The summed E-state index contributed by atoms with van der Waals surface area (Å²) in [4.78, 5) is 25.1. The Hall–Kier alpha value is -1.62. The molecule has 1 heterocycles. The number of ether oxygens (including phenoxy) is 1. The number of fused-ring (bicyclic) bond motifs is 1. The van der Waals surface area contributed by atoms with Crippen molar-refractivity contribution in [1.82, 2.24) is 0 Å². The molecule has 2 aliphatic rings. The van der Waals surface area contributed by atoms with Gasteiger partial charge in [-0.05, 0) is 36.8 Å². The van der Waals surface area contributed by atoms with Crippen LogP contribution in [0.1, 0.15) is 66.1 Å². The van der Waals surface area contributed by atoms with Crippen LogP contribution < -0.4 is 0 Å². The third-order valence-electron chi connectivity index (χ3n) is 7.32. The standard InChI is InChI=1S/C22H32O5/c1-14-18(27-15(2)23)17(24)19-20(3,4)10-7-11-21(19,5)22(14,25)12-9-16-8-6-13-26-16/h6,8,13-14,18-19,25H,7,9-12H2,1-5H3/t14-,18-,19+,21+,22-/m1/s1. The van der Waals surface area contributed by atoms with Crippen molar-refractivity contribution in [3.63, 3.8) is 0 Å². The van der Waals surface area contributed by atoms with Crippen LogP contribution in [0.4, 0.5) is 0 Å². The summed E-state index contributed by atoms with van der Waals surface area (Å²) in [6, 6.07) is 3.74. The predicted octanol–water partition coefficient (Wildman–Crippen LogP) is 3.93. The molecule has 150 valence electrons. The van der Waals surface area contributed by atoms with Crippen molar-refractivity contribution in [2.45, 2.75) is 78.4 Å². The van der Waals surface area contributed by atoms with E-state index in [-0.39, 0.29) is 17.1 Å². The number of furan rings is 1. The lowest BCUT2D eigenvalue weighted by molar-refractivity contribution is -0.234. The van der Waals surface area contributed by atoms with Gasteiger partial charge in [0.25, 0.3) is 0 Å². The largest absolute Gasteiger partial charge is 0.469 e. The van der Waals surface area contributed by atoms with Gasteiger partial charge < -0.3 is 14.3 Å². The Morgan fingerprint density at radius 3 is 2.63 bits per heavy atom. The Morgan fingerprint density at radius 2 is 2.04 bits per heavy atom. The molecule has 1 aromatic rings. The molecular formula is C22H32O5. The van der Waals surface area contributed by atoms with Crippen molar-refractivity contribution < 1.29 is 23.8 Å². The van der Waals surface area contributed by atoms with Gasteiger partial charge in [-0.15, -0.1) is 0 Å². The van der Waals surface area contributed by atoms with Gasteiger partial charge in [0.2, 0.25) is 0 Å². The molecule has 0 amide bonds. The summed E-state index contributed by atoms with van der Waals surface area (Å²) in [6.07, 6.45) is 4.46. The van der Waals surface area contributed by atoms with E-state index in [1.165, 1.54) is 6.92 Å². The number of aryl methyl sites for hydroxylation is 1. The van der Waals surface area contributed by atoms with Crippen molar-refractivity contribution in [3.8, 4) is 0 Å². The van der Waals surface area contributed by atoms with E-state index in [2.05, 4.69) is 20.8 Å². The second kappa shape index (κ2) is 6.77. The van der Waals surface area contributed by atoms with Crippen LogP contribution in [0.25, 0.3) is 0 Å². The Labute approximate surface area is 161 Å². The molecule has 0 unspecified atom stereocenters. The molecule has 27 heavy (non-hydrogen) atoms. The first-order chi connectivity index (χ1) is 12.5. The van der Waals surface area contributed by atoms with Crippen molar-refractivity contribution >= 4 is 11.8 Å². The van der Waals surface area contributed by atoms with E-state index in [1.807, 2.05) is 19.1 Å². The smallest absolute Gasteiger partial charge is 0.303 e. The zero-order valence-electron chi connectivity index (χ0n) is 17.1. The highest BCUT2D eigenvalue weighted by atomic mass is 16.5. The fourth-order valence-electron chi connectivity index (χ4n) is 6.03. The van der Waals surface area contributed by atoms with Gasteiger partial charge in [-0.2, -0.15) is 0 Å². The topological polar surface area (TPSA) is 76.7 Å². The van der Waals surface area contributed by atoms with E-state index in [0.717, 1.165) is 25.0 Å². The van der Waals surface area contributed by atoms with Gasteiger partial charge in [0, 0.05) is 30.6 Å². The minimum atomic E-state index is -1.13. The SMILES string of the molecule is CC(=O)O[C@H]1C(=O)[C@H]2C(C)(C)CCC[C@]2(C)[C@@](O)(CCc2ccco2)[C@@H]1C. The maximum absolute atomic E-state index is 13.4. The first kappa shape index (κ1) is 20.1. The molecule has 0 aliphatic heterocycles. The van der Waals surface area contributed by atoms with Crippen molar-refractivity contribution in [2.24, 2.45) is 22.7 Å². The monoisotopic (exact) mass is 376 g/mol. The molecule has 0 bridgehead atoms. The fourth-order valence-corrected chi connectivity index (χ4v) is 6.03. The predicted molar refractivity (Wildman–Crippen MR) is 101 cm³/mol. The molecule has 5 atom stereocenters. The van der Waals surface area contributed by atoms with E-state index in [0.29, 0.717) is 12.8 Å². The van der Waals surface area contributed by atoms with Gasteiger partial charge in [-0.3, -0.25) is 9.59 Å². The Morgan fingerprint density at radius 1 is 1.33 bits per heavy atom. The number of carbonyl (C=O) groups is 2. The van der Waals surface area contributed by atoms with E-state index >= 15 is 0 Å². The van der Waals surface area contributed by atoms with E-state index in [4.69, 9.17) is 9.15 Å². The molecule has 0 aromatic carbocycles. The maximum atomic E-state index is 13.4. The van der Waals surface area contributed by atoms with Crippen LogP contribution in [0.3, 0.4) is 0 Å². The molecule has 2 saturated carbocycles. The summed E-state index contributed by atoms with van der Waals surface area (Å²) in [5.41, 5.74) is -1.94. The molecule has 0 radical (unpaired) electrons. The molecule has 1 N–H and O–H groups in total. The number of hydrogen-bond donors (Lipinski definition) is 1. The summed E-state index contributed by atoms with van der Waals surface area (Å²) in [5, 5.41) is 12.0. The summed E-state index contributed by atoms with van der Waals surface area (Å²) < 4.78 is 10.9. The Balaban J connectivity index is 2.04. The Kier molecular flexibility index (Phi) is 5.04. The van der Waals surface area contributed by atoms with Crippen LogP contribution in [0, 0.1) is 22.7 Å². The summed E-state index contributed by atoms with van der Waals surface area (Å²) >= 11 is 0. The average molecular weight is 376 g/mol. The average Bonchev–Trinajstić information content (AvgIpc) is 3.08. The number of rotatable bonds is 4. The molecular weight excluding hydrogens is 344 g/mol. The van der Waals surface area contributed by atoms with Gasteiger partial charge in [-0.1, -0.05) is 34.1 Å². The third kappa shape index (κ3) is 3.14. The first-order valence-corrected chi connectivity index (χ1v) is 9.99. The molecule has 5 heteroatoms. The number of carbonyl (C=O) groups excluding carboxylic acids is 2. The van der Waals surface area contributed by atoms with E-state index in [9.17, 15) is 14.7 Å². The second-order valence-electron chi connectivity index (χ2n) is 9.42. The minimum Gasteiger partial charge on any atom is -0.469 e. The van der Waals surface area contributed by atoms with Crippen LogP contribution in [-0.4, -0.2) is 28.6 Å². The number of Topliss-reactive ketones (excluding diaryl/α,β-unsaturated/α-hetero) is 1. The fraction of sp³-hybridized carbons (Fsp3) is 0.727. The van der Waals surface area contributed by atoms with Gasteiger partial charge in [0.15, 0.2) is 11.9 Å². The summed E-state index contributed by atoms with van der Waals surface area (Å²) in [6.45, 7) is 9.42. The van der Waals surface area contributed by atoms with Gasteiger partial charge in [0.1, 0.15) is 5.76 Å². The highest BCUT2D eigenvalue weighted by Gasteiger charge is 2.67. The molecule has 5 nitrogen and oxygen atoms in total. The number of esters is 1. The van der Waals surface area contributed by atoms with Crippen LogP contribution in [0.2, 0.25) is 0 Å². The van der Waals surface area contributed by atoms with Gasteiger partial charge in [0.05, 0.1) is 11.9 Å². The quantitative estimate of drug-likeness (QED) is 0.806. The number of hydrogen-bond acceptors (Lipinski definition) is 5. The highest BCUT2D eigenvalue weighted by molar-refractivity contribution is 5.90. The Bertz CT molecular complexity index is 706. The summed E-state index contributed by atoms with van der Waals surface area (Å²) in [7, 11) is 0. The zero-order chi connectivity index (χ0) is 20.0.